The van der Waals surface area contributed by atoms with E-state index in [0.717, 1.165) is 32.4 Å². The Morgan fingerprint density at radius 1 is 0.962 bits per heavy atom. The van der Waals surface area contributed by atoms with Crippen LogP contribution in [0.4, 0.5) is 0 Å². The molecule has 0 aromatic rings. The monoisotopic (exact) mass is 387 g/mol. The normalized spacial score (nSPS) is 16.2. The van der Waals surface area contributed by atoms with Crippen molar-refractivity contribution in [3.63, 3.8) is 0 Å². The van der Waals surface area contributed by atoms with Crippen LogP contribution >= 0.6 is 9.24 Å². The maximum absolute atomic E-state index is 12.0. The molecular weight excluding hydrogens is 345 g/mol. The first-order chi connectivity index (χ1) is 12.7. The van der Waals surface area contributed by atoms with Crippen molar-refractivity contribution < 1.29 is 14.7 Å². The quantitative estimate of drug-likeness (QED) is 0.238. The zero-order chi connectivity index (χ0) is 19.5. The molecule has 1 heterocycles. The molecule has 2 unspecified atom stereocenters. The predicted octanol–water partition coefficient (Wildman–Crippen LogP) is 5.64. The van der Waals surface area contributed by atoms with Gasteiger partial charge in [-0.05, 0) is 18.5 Å². The summed E-state index contributed by atoms with van der Waals surface area (Å²) in [6.07, 6.45) is 19.7. The molecule has 0 aromatic heterocycles. The Labute approximate surface area is 163 Å². The van der Waals surface area contributed by atoms with Gasteiger partial charge < -0.3 is 10.0 Å². The fourth-order valence-corrected chi connectivity index (χ4v) is 3.87. The third-order valence-corrected chi connectivity index (χ3v) is 5.62. The van der Waals surface area contributed by atoms with Crippen molar-refractivity contribution in [1.29, 1.82) is 0 Å². The lowest BCUT2D eigenvalue weighted by Gasteiger charge is -2.15. The number of nitrogens with zero attached hydrogens (tertiary/aromatic N) is 1. The molecule has 4 nitrogen and oxygen atoms in total. The summed E-state index contributed by atoms with van der Waals surface area (Å²) in [6.45, 7) is 3.97. The third kappa shape index (κ3) is 15.6. The minimum absolute atomic E-state index is 0.250. The summed E-state index contributed by atoms with van der Waals surface area (Å²) in [6, 6.07) is 0. The number of carbonyl (C=O) groups is 2. The minimum Gasteiger partial charge on any atom is -0.483 e. The first kappa shape index (κ1) is 25.4. The van der Waals surface area contributed by atoms with E-state index in [-0.39, 0.29) is 6.47 Å². The highest BCUT2D eigenvalue weighted by Crippen LogP contribution is 2.18. The number of hydrogen-bond acceptors (Lipinski definition) is 2. The molecule has 5 heteroatoms. The maximum atomic E-state index is 12.0. The zero-order valence-corrected chi connectivity index (χ0v) is 18.1. The molecule has 0 radical (unpaired) electrons. The van der Waals surface area contributed by atoms with E-state index in [1.54, 1.807) is 0 Å². The second-order valence-electron chi connectivity index (χ2n) is 7.49. The van der Waals surface area contributed by atoms with Crippen LogP contribution in [-0.2, 0) is 9.59 Å². The number of rotatable bonds is 14. The van der Waals surface area contributed by atoms with Crippen LogP contribution in [0, 0.1) is 0 Å². The van der Waals surface area contributed by atoms with Crippen molar-refractivity contribution in [2.45, 2.75) is 109 Å². The van der Waals surface area contributed by atoms with Gasteiger partial charge in [0.15, 0.2) is 0 Å². The van der Waals surface area contributed by atoms with Crippen LogP contribution in [0.2, 0.25) is 0 Å². The Morgan fingerprint density at radius 3 is 1.77 bits per heavy atom. The van der Waals surface area contributed by atoms with Crippen LogP contribution in [0.15, 0.2) is 0 Å². The van der Waals surface area contributed by atoms with Crippen LogP contribution in [0.1, 0.15) is 103 Å². The van der Waals surface area contributed by atoms with Crippen molar-refractivity contribution in [2.75, 3.05) is 13.1 Å². The molecule has 0 aromatic carbocycles. The van der Waals surface area contributed by atoms with E-state index >= 15 is 0 Å². The lowest BCUT2D eigenvalue weighted by Crippen LogP contribution is -2.28. The number of amides is 1. The second kappa shape index (κ2) is 19.1. The predicted molar refractivity (Wildman–Crippen MR) is 114 cm³/mol. The van der Waals surface area contributed by atoms with Gasteiger partial charge in [-0.25, -0.2) is 0 Å². The number of carboxylic acid groups (broad SMARTS) is 1. The molecule has 26 heavy (non-hydrogen) atoms. The summed E-state index contributed by atoms with van der Waals surface area (Å²) in [7, 11) is 2.85. The van der Waals surface area contributed by atoms with Gasteiger partial charge in [-0.1, -0.05) is 84.0 Å². The fourth-order valence-electron chi connectivity index (χ4n) is 3.47. The highest BCUT2D eigenvalue weighted by molar-refractivity contribution is 7.17. The highest BCUT2D eigenvalue weighted by Gasteiger charge is 2.22. The van der Waals surface area contributed by atoms with Gasteiger partial charge in [0.25, 0.3) is 6.47 Å². The van der Waals surface area contributed by atoms with E-state index in [9.17, 15) is 4.79 Å². The van der Waals surface area contributed by atoms with Gasteiger partial charge in [0.05, 0.1) is 0 Å². The molecule has 1 saturated heterocycles. The van der Waals surface area contributed by atoms with Crippen molar-refractivity contribution in [3.05, 3.63) is 0 Å². The van der Waals surface area contributed by atoms with E-state index in [1.807, 2.05) is 0 Å². The van der Waals surface area contributed by atoms with Crippen LogP contribution < -0.4 is 0 Å². The molecule has 1 rings (SSSR count). The molecule has 0 aliphatic carbocycles. The smallest absolute Gasteiger partial charge is 0.290 e. The van der Waals surface area contributed by atoms with Crippen LogP contribution in [-0.4, -0.2) is 41.1 Å². The minimum atomic E-state index is -0.250. The Bertz CT molecular complexity index is 339. The number of hydrogen-bond donors (Lipinski definition) is 1. The first-order valence-corrected chi connectivity index (χ1v) is 11.4. The molecule has 1 fully saturated rings. The van der Waals surface area contributed by atoms with Crippen LogP contribution in [0.5, 0.6) is 0 Å². The van der Waals surface area contributed by atoms with Gasteiger partial charge in [0.2, 0.25) is 5.91 Å². The molecular formula is C21H42NO3P. The molecule has 0 bridgehead atoms. The molecule has 1 N–H and O–H groups in total. The molecule has 1 aliphatic heterocycles. The Hall–Kier alpha value is -0.630. The SMILES string of the molecule is CCCCCCCCCCCCCCCC(=O)N1CCC(P)C1.O=CO. The summed E-state index contributed by atoms with van der Waals surface area (Å²) in [4.78, 5) is 22.4. The first-order valence-electron chi connectivity index (χ1n) is 10.8. The maximum Gasteiger partial charge on any atom is 0.290 e. The van der Waals surface area contributed by atoms with Crippen molar-refractivity contribution in [1.82, 2.24) is 4.90 Å². The summed E-state index contributed by atoms with van der Waals surface area (Å²) in [5.41, 5.74) is 0.630. The molecule has 2 atom stereocenters. The Balaban J connectivity index is 0.00000194. The third-order valence-electron chi connectivity index (χ3n) is 5.07. The van der Waals surface area contributed by atoms with Gasteiger partial charge in [-0.3, -0.25) is 9.59 Å². The molecule has 0 spiro atoms. The lowest BCUT2D eigenvalue weighted by molar-refractivity contribution is -0.130. The van der Waals surface area contributed by atoms with Gasteiger partial charge in [-0.2, -0.15) is 0 Å². The number of carbonyl (C=O) groups excluding carboxylic acids is 1. The summed E-state index contributed by atoms with van der Waals surface area (Å²) < 4.78 is 0. The average Bonchev–Trinajstić information content (AvgIpc) is 3.06. The van der Waals surface area contributed by atoms with E-state index in [2.05, 4.69) is 21.1 Å². The van der Waals surface area contributed by atoms with Gasteiger partial charge in [0.1, 0.15) is 0 Å². The van der Waals surface area contributed by atoms with E-state index < -0.39 is 0 Å². The van der Waals surface area contributed by atoms with Gasteiger partial charge >= 0.3 is 0 Å². The largest absolute Gasteiger partial charge is 0.483 e. The van der Waals surface area contributed by atoms with Crippen LogP contribution in [0.3, 0.4) is 0 Å². The topological polar surface area (TPSA) is 57.6 Å². The average molecular weight is 388 g/mol. The van der Waals surface area contributed by atoms with Crippen molar-refractivity contribution in [3.8, 4) is 0 Å². The van der Waals surface area contributed by atoms with E-state index in [0.29, 0.717) is 11.6 Å². The van der Waals surface area contributed by atoms with Gasteiger partial charge in [-0.15, -0.1) is 9.24 Å². The lowest BCUT2D eigenvalue weighted by atomic mass is 10.0. The second-order valence-corrected chi connectivity index (χ2v) is 8.43. The standard InChI is InChI=1S/C20H40NOP.CH2O2/c1-2-3-4-5-6-7-8-9-10-11-12-13-14-15-20(22)21-17-16-19(23)18-21;2-1-3/h19H,2-18,23H2,1H3;1H,(H,2,3). The molecule has 154 valence electrons. The molecule has 1 amide bonds. The number of unbranched alkanes of at least 4 members (excludes halogenated alkanes) is 12. The zero-order valence-electron chi connectivity index (χ0n) is 17.0. The van der Waals surface area contributed by atoms with E-state index in [4.69, 9.17) is 9.90 Å². The van der Waals surface area contributed by atoms with Crippen molar-refractivity contribution in [2.24, 2.45) is 0 Å². The summed E-state index contributed by atoms with van der Waals surface area (Å²) in [5.74, 6) is 0.387. The van der Waals surface area contributed by atoms with E-state index in [1.165, 1.54) is 77.0 Å². The highest BCUT2D eigenvalue weighted by atomic mass is 31.0. The fraction of sp³-hybridized carbons (Fsp3) is 0.905. The summed E-state index contributed by atoms with van der Waals surface area (Å²) >= 11 is 0. The van der Waals surface area contributed by atoms with Crippen LogP contribution in [0.25, 0.3) is 0 Å². The number of likely N-dealkylation sites (tertiary alicyclic amines) is 1. The molecule has 0 saturated carbocycles. The Kier molecular flexibility index (Phi) is 18.7. The summed E-state index contributed by atoms with van der Waals surface area (Å²) in [5, 5.41) is 6.89. The van der Waals surface area contributed by atoms with Crippen molar-refractivity contribution >= 4 is 21.6 Å². The van der Waals surface area contributed by atoms with Gasteiger partial charge in [0, 0.05) is 19.5 Å². The molecule has 1 aliphatic rings. The Morgan fingerprint density at radius 2 is 1.38 bits per heavy atom.